The molecule has 0 radical (unpaired) electrons. The molecule has 3 aliphatic carbocycles. The van der Waals surface area contributed by atoms with Crippen LogP contribution in [0.3, 0.4) is 0 Å². The second-order valence-corrected chi connectivity index (χ2v) is 18.0. The van der Waals surface area contributed by atoms with Crippen LogP contribution in [0.4, 0.5) is 0 Å². The van der Waals surface area contributed by atoms with Crippen molar-refractivity contribution < 1.29 is 0 Å². The zero-order chi connectivity index (χ0) is 41.4. The number of benzene rings is 4. The molecule has 6 heterocycles. The SMILES string of the molecule is c1ccc(-n2c3c(c4cc(-c5cc(-c6cnc7c(c6)c6c(n7-c7ccccc7)CCCC6)cc(-c6cnc7c(c6)c6c(n7-c7ccccc7)CCCC6)c5)cnc42)CCCC3)cc1. The molecule has 0 N–H and O–H groups in total. The van der Waals surface area contributed by atoms with Crippen molar-refractivity contribution in [2.75, 3.05) is 0 Å². The molecule has 63 heavy (non-hydrogen) atoms. The van der Waals surface area contributed by atoms with Crippen molar-refractivity contribution in [3.63, 3.8) is 0 Å². The van der Waals surface area contributed by atoms with Gasteiger partial charge < -0.3 is 0 Å². The van der Waals surface area contributed by atoms with Gasteiger partial charge in [0.05, 0.1) is 0 Å². The molecular formula is C57H48N6. The summed E-state index contributed by atoms with van der Waals surface area (Å²) in [7, 11) is 0. The molecule has 6 aromatic heterocycles. The van der Waals surface area contributed by atoms with Gasteiger partial charge in [0.1, 0.15) is 16.9 Å². The topological polar surface area (TPSA) is 53.5 Å². The van der Waals surface area contributed by atoms with Crippen LogP contribution in [0.5, 0.6) is 0 Å². The maximum Gasteiger partial charge on any atom is 0.144 e. The molecule has 6 nitrogen and oxygen atoms in total. The number of aryl methyl sites for hydroxylation is 3. The molecule has 306 valence electrons. The van der Waals surface area contributed by atoms with Gasteiger partial charge in [-0.25, -0.2) is 15.0 Å². The van der Waals surface area contributed by atoms with Gasteiger partial charge in [0.25, 0.3) is 0 Å². The molecule has 6 heteroatoms. The number of nitrogens with zero attached hydrogens (tertiary/aromatic N) is 6. The fraction of sp³-hybridized carbons (Fsp3) is 0.211. The summed E-state index contributed by atoms with van der Waals surface area (Å²) >= 11 is 0. The normalized spacial score (nSPS) is 14.9. The Kier molecular flexibility index (Phi) is 8.60. The second kappa shape index (κ2) is 14.8. The van der Waals surface area contributed by atoms with Crippen molar-refractivity contribution in [1.29, 1.82) is 0 Å². The van der Waals surface area contributed by atoms with Crippen molar-refractivity contribution in [1.82, 2.24) is 28.7 Å². The standard InChI is InChI=1S/C57H48N6/c1-4-16-43(17-5-1)61-52-25-13-10-22-46(52)49-31-40(34-58-55(49)61)37-28-38(41-32-50-47-23-11-14-26-53(47)62(56(50)59-35-41)44-18-6-2-7-19-44)30-39(29-37)42-33-51-48-24-12-15-27-54(48)63(57(51)60-36-42)45-20-8-3-9-21-45/h1-9,16-21,28-36H,10-15,22-27H2. The minimum atomic E-state index is 1.05. The van der Waals surface area contributed by atoms with Gasteiger partial charge in [-0.1, -0.05) is 54.6 Å². The number of hydrogen-bond donors (Lipinski definition) is 0. The van der Waals surface area contributed by atoms with Crippen LogP contribution >= 0.6 is 0 Å². The van der Waals surface area contributed by atoms with Crippen molar-refractivity contribution in [3.05, 3.63) is 180 Å². The van der Waals surface area contributed by atoms with E-state index in [0.29, 0.717) is 0 Å². The summed E-state index contributed by atoms with van der Waals surface area (Å²) in [6.45, 7) is 0. The first-order chi connectivity index (χ1) is 31.2. The lowest BCUT2D eigenvalue weighted by molar-refractivity contribution is 0.666. The third-order valence-corrected chi connectivity index (χ3v) is 14.3. The maximum absolute atomic E-state index is 5.32. The predicted octanol–water partition coefficient (Wildman–Crippen LogP) is 13.3. The molecule has 0 saturated carbocycles. The van der Waals surface area contributed by atoms with Crippen LogP contribution in [-0.2, 0) is 38.5 Å². The zero-order valence-corrected chi connectivity index (χ0v) is 35.5. The Labute approximate surface area is 367 Å². The Hall–Kier alpha value is -7.05. The molecule has 0 amide bonds. The van der Waals surface area contributed by atoms with Crippen molar-refractivity contribution in [2.24, 2.45) is 0 Å². The Balaban J connectivity index is 1.02. The quantitative estimate of drug-likeness (QED) is 0.168. The first kappa shape index (κ1) is 36.6. The number of fused-ring (bicyclic) bond motifs is 9. The van der Waals surface area contributed by atoms with Crippen LogP contribution in [0.25, 0.3) is 83.5 Å². The van der Waals surface area contributed by atoms with Gasteiger partial charge in [-0.2, -0.15) is 0 Å². The lowest BCUT2D eigenvalue weighted by atomic mass is 9.91. The van der Waals surface area contributed by atoms with E-state index in [2.05, 4.69) is 160 Å². The average Bonchev–Trinajstić information content (AvgIpc) is 3.99. The van der Waals surface area contributed by atoms with E-state index in [1.807, 2.05) is 0 Å². The summed E-state index contributed by atoms with van der Waals surface area (Å²) in [5.41, 5.74) is 22.2. The Bertz CT molecular complexity index is 3020. The second-order valence-electron chi connectivity index (χ2n) is 18.0. The van der Waals surface area contributed by atoms with E-state index in [-0.39, 0.29) is 0 Å². The summed E-state index contributed by atoms with van der Waals surface area (Å²) < 4.78 is 7.26. The highest BCUT2D eigenvalue weighted by Crippen LogP contribution is 2.42. The van der Waals surface area contributed by atoms with E-state index in [9.17, 15) is 0 Å². The molecular weight excluding hydrogens is 769 g/mol. The molecule has 0 saturated heterocycles. The monoisotopic (exact) mass is 816 g/mol. The molecule has 0 unspecified atom stereocenters. The summed E-state index contributed by atoms with van der Waals surface area (Å²) in [6.07, 6.45) is 20.0. The lowest BCUT2D eigenvalue weighted by Gasteiger charge is -2.15. The Morgan fingerprint density at radius 2 is 0.587 bits per heavy atom. The first-order valence-corrected chi connectivity index (χ1v) is 23.1. The lowest BCUT2D eigenvalue weighted by Crippen LogP contribution is -2.06. The molecule has 0 fully saturated rings. The van der Waals surface area contributed by atoms with Crippen molar-refractivity contribution in [2.45, 2.75) is 77.0 Å². The molecule has 3 aliphatic rings. The minimum Gasteiger partial charge on any atom is -0.298 e. The highest BCUT2D eigenvalue weighted by atomic mass is 15.1. The largest absolute Gasteiger partial charge is 0.298 e. The molecule has 0 spiro atoms. The average molecular weight is 817 g/mol. The third kappa shape index (κ3) is 5.95. The van der Waals surface area contributed by atoms with Gasteiger partial charge in [-0.15, -0.1) is 0 Å². The fourth-order valence-electron chi connectivity index (χ4n) is 11.4. The number of para-hydroxylation sites is 3. The maximum atomic E-state index is 5.32. The van der Waals surface area contributed by atoms with Crippen molar-refractivity contribution in [3.8, 4) is 50.4 Å². The molecule has 13 rings (SSSR count). The smallest absolute Gasteiger partial charge is 0.144 e. The van der Waals surface area contributed by atoms with Crippen LogP contribution < -0.4 is 0 Å². The summed E-state index contributed by atoms with van der Waals surface area (Å²) in [5.74, 6) is 0. The highest BCUT2D eigenvalue weighted by molar-refractivity contribution is 5.94. The fourth-order valence-corrected chi connectivity index (χ4v) is 11.4. The minimum absolute atomic E-state index is 1.05. The van der Waals surface area contributed by atoms with E-state index in [4.69, 9.17) is 15.0 Å². The Morgan fingerprint density at radius 1 is 0.302 bits per heavy atom. The van der Waals surface area contributed by atoms with E-state index in [0.717, 1.165) is 88.8 Å². The van der Waals surface area contributed by atoms with Gasteiger partial charge in [0, 0.05) is 85.6 Å². The van der Waals surface area contributed by atoms with Gasteiger partial charge in [-0.05, 0) is 183 Å². The first-order valence-electron chi connectivity index (χ1n) is 23.1. The number of aromatic nitrogens is 6. The number of rotatable bonds is 6. The van der Waals surface area contributed by atoms with E-state index < -0.39 is 0 Å². The van der Waals surface area contributed by atoms with E-state index in [1.165, 1.54) is 106 Å². The summed E-state index contributed by atoms with van der Waals surface area (Å²) in [4.78, 5) is 16.0. The molecule has 0 atom stereocenters. The summed E-state index contributed by atoms with van der Waals surface area (Å²) in [5, 5.41) is 3.81. The van der Waals surface area contributed by atoms with Gasteiger partial charge in [-0.3, -0.25) is 13.7 Å². The molecule has 0 bridgehead atoms. The molecule has 4 aromatic carbocycles. The highest BCUT2D eigenvalue weighted by Gasteiger charge is 2.26. The molecule has 10 aromatic rings. The van der Waals surface area contributed by atoms with Gasteiger partial charge in [0.15, 0.2) is 0 Å². The zero-order valence-electron chi connectivity index (χ0n) is 35.5. The van der Waals surface area contributed by atoms with Crippen LogP contribution in [0.2, 0.25) is 0 Å². The third-order valence-electron chi connectivity index (χ3n) is 14.3. The van der Waals surface area contributed by atoms with Crippen LogP contribution in [0, 0.1) is 0 Å². The number of pyridine rings is 3. The van der Waals surface area contributed by atoms with Crippen LogP contribution in [0.15, 0.2) is 146 Å². The van der Waals surface area contributed by atoms with Gasteiger partial charge >= 0.3 is 0 Å². The van der Waals surface area contributed by atoms with Gasteiger partial charge in [0.2, 0.25) is 0 Å². The Morgan fingerprint density at radius 3 is 0.889 bits per heavy atom. The van der Waals surface area contributed by atoms with Crippen LogP contribution in [-0.4, -0.2) is 28.7 Å². The number of hydrogen-bond acceptors (Lipinski definition) is 3. The summed E-state index contributed by atoms with van der Waals surface area (Å²) in [6, 6.07) is 46.8. The van der Waals surface area contributed by atoms with E-state index in [1.54, 1.807) is 0 Å². The van der Waals surface area contributed by atoms with Crippen LogP contribution in [0.1, 0.15) is 72.3 Å². The van der Waals surface area contributed by atoms with Crippen molar-refractivity contribution >= 4 is 33.1 Å². The predicted molar refractivity (Wildman–Crippen MR) is 257 cm³/mol. The van der Waals surface area contributed by atoms with E-state index >= 15 is 0 Å². The molecule has 0 aliphatic heterocycles.